The van der Waals surface area contributed by atoms with E-state index in [0.717, 1.165) is 22.6 Å². The number of carbonyl (C=O) groups excluding carboxylic acids is 3. The van der Waals surface area contributed by atoms with Crippen molar-refractivity contribution in [2.24, 2.45) is 0 Å². The van der Waals surface area contributed by atoms with Gasteiger partial charge < -0.3 is 19.3 Å². The van der Waals surface area contributed by atoms with Crippen LogP contribution in [0.25, 0.3) is 5.76 Å². The fourth-order valence-electron chi connectivity index (χ4n) is 4.62. The summed E-state index contributed by atoms with van der Waals surface area (Å²) in [5.41, 5.74) is 2.17. The van der Waals surface area contributed by atoms with Crippen molar-refractivity contribution in [1.82, 2.24) is 4.98 Å². The Morgan fingerprint density at radius 3 is 2.57 bits per heavy atom. The molecule has 37 heavy (non-hydrogen) atoms. The summed E-state index contributed by atoms with van der Waals surface area (Å²) in [4.78, 5) is 44.8. The van der Waals surface area contributed by atoms with Crippen molar-refractivity contribution < 1.29 is 33.7 Å². The molecule has 2 aromatic carbocycles. The molecule has 1 amide bonds. The van der Waals surface area contributed by atoms with Crippen molar-refractivity contribution in [1.29, 1.82) is 0 Å². The zero-order valence-electron chi connectivity index (χ0n) is 20.6. The van der Waals surface area contributed by atoms with Gasteiger partial charge in [-0.15, -0.1) is 0 Å². The molecule has 190 valence electrons. The van der Waals surface area contributed by atoms with Crippen LogP contribution in [0.4, 0.5) is 5.13 Å². The largest absolute Gasteiger partial charge is 0.507 e. The number of benzene rings is 2. The molecule has 0 bridgehead atoms. The van der Waals surface area contributed by atoms with Gasteiger partial charge in [-0.3, -0.25) is 14.5 Å². The van der Waals surface area contributed by atoms with Gasteiger partial charge in [0, 0.05) is 12.0 Å². The van der Waals surface area contributed by atoms with Crippen molar-refractivity contribution in [3.8, 4) is 11.5 Å². The molecule has 1 fully saturated rings. The third-order valence-electron chi connectivity index (χ3n) is 6.41. The summed E-state index contributed by atoms with van der Waals surface area (Å²) in [5, 5.41) is 11.6. The van der Waals surface area contributed by atoms with Gasteiger partial charge in [0.1, 0.15) is 28.2 Å². The maximum absolute atomic E-state index is 13.4. The summed E-state index contributed by atoms with van der Waals surface area (Å²) in [6, 6.07) is 11.0. The average Bonchev–Trinajstić information content (AvgIpc) is 3.55. The van der Waals surface area contributed by atoms with Gasteiger partial charge in [0.15, 0.2) is 5.13 Å². The molecular formula is C27H24N2O7S. The number of ketones is 1. The van der Waals surface area contributed by atoms with Gasteiger partial charge in [0.2, 0.25) is 0 Å². The molecule has 1 N–H and O–H groups in total. The molecule has 10 heteroatoms. The highest BCUT2D eigenvalue weighted by atomic mass is 32.1. The fraction of sp³-hybridized carbons (Fsp3) is 0.259. The number of hydrogen-bond donors (Lipinski definition) is 1. The number of nitrogens with zero attached hydrogens (tertiary/aromatic N) is 2. The van der Waals surface area contributed by atoms with Gasteiger partial charge in [0.05, 0.1) is 31.5 Å². The molecule has 1 saturated heterocycles. The number of fused-ring (bicyclic) bond motifs is 1. The number of rotatable bonds is 5. The van der Waals surface area contributed by atoms with Crippen LogP contribution in [0.2, 0.25) is 0 Å². The molecule has 0 radical (unpaired) electrons. The van der Waals surface area contributed by atoms with Crippen LogP contribution >= 0.6 is 11.3 Å². The zero-order valence-corrected chi connectivity index (χ0v) is 21.4. The standard InChI is InChI=1S/C27H24N2O7S/c1-13-11-17-12-16(7-10-19(17)36-13)22(30)20-21(15-5-8-18(34-3)9-6-15)29(25(32)23(20)31)27-28-14(2)24(37-27)26(33)35-4/h5-10,12-13,21,30H,11H2,1-4H3/b22-20+/t13-,21-/m0/s1. The van der Waals surface area contributed by atoms with Crippen LogP contribution in [-0.4, -0.2) is 48.1 Å². The second kappa shape index (κ2) is 9.36. The van der Waals surface area contributed by atoms with E-state index in [1.54, 1.807) is 49.4 Å². The molecule has 2 aliphatic rings. The van der Waals surface area contributed by atoms with E-state index >= 15 is 0 Å². The minimum atomic E-state index is -0.981. The lowest BCUT2D eigenvalue weighted by Gasteiger charge is -2.23. The number of ether oxygens (including phenoxy) is 3. The number of aliphatic hydroxyl groups is 1. The number of aliphatic hydroxyl groups excluding tert-OH is 1. The molecule has 1 aromatic heterocycles. The molecule has 0 saturated carbocycles. The lowest BCUT2D eigenvalue weighted by Crippen LogP contribution is -2.29. The normalized spacial score (nSPS) is 20.1. The third kappa shape index (κ3) is 4.13. The predicted octanol–water partition coefficient (Wildman–Crippen LogP) is 4.20. The van der Waals surface area contributed by atoms with E-state index in [4.69, 9.17) is 14.2 Å². The van der Waals surface area contributed by atoms with Crippen LogP contribution in [0.1, 0.15) is 45.0 Å². The number of thiazole rings is 1. The van der Waals surface area contributed by atoms with Crippen LogP contribution in [-0.2, 0) is 20.7 Å². The van der Waals surface area contributed by atoms with Crippen LogP contribution in [0.3, 0.4) is 0 Å². The molecule has 0 unspecified atom stereocenters. The Hall–Kier alpha value is -4.18. The summed E-state index contributed by atoms with van der Waals surface area (Å²) in [5.74, 6) is -1.28. The van der Waals surface area contributed by atoms with Gasteiger partial charge >= 0.3 is 11.9 Å². The second-order valence-electron chi connectivity index (χ2n) is 8.80. The van der Waals surface area contributed by atoms with Gasteiger partial charge in [-0.05, 0) is 55.3 Å². The van der Waals surface area contributed by atoms with Gasteiger partial charge in [-0.25, -0.2) is 9.78 Å². The molecule has 5 rings (SSSR count). The molecule has 0 spiro atoms. The molecule has 2 atom stereocenters. The van der Waals surface area contributed by atoms with Gasteiger partial charge in [-0.1, -0.05) is 23.5 Å². The van der Waals surface area contributed by atoms with E-state index in [1.807, 2.05) is 6.92 Å². The lowest BCUT2D eigenvalue weighted by molar-refractivity contribution is -0.132. The smallest absolute Gasteiger partial charge is 0.350 e. The Balaban J connectivity index is 1.68. The van der Waals surface area contributed by atoms with Crippen molar-refractivity contribution >= 4 is 39.9 Å². The molecular weight excluding hydrogens is 496 g/mol. The lowest BCUT2D eigenvalue weighted by atomic mass is 9.94. The van der Waals surface area contributed by atoms with Gasteiger partial charge in [0.25, 0.3) is 5.78 Å². The Labute approximate surface area is 216 Å². The minimum Gasteiger partial charge on any atom is -0.507 e. The maximum atomic E-state index is 13.4. The van der Waals surface area contributed by atoms with Crippen molar-refractivity contribution in [3.05, 3.63) is 75.3 Å². The minimum absolute atomic E-state index is 0.00873. The van der Waals surface area contributed by atoms with E-state index in [-0.39, 0.29) is 27.4 Å². The number of methoxy groups -OCH3 is 2. The number of esters is 1. The summed E-state index contributed by atoms with van der Waals surface area (Å²) in [6.07, 6.45) is 0.677. The third-order valence-corrected chi connectivity index (χ3v) is 7.54. The zero-order chi connectivity index (χ0) is 26.4. The monoisotopic (exact) mass is 520 g/mol. The van der Waals surface area contributed by atoms with Crippen molar-refractivity contribution in [2.45, 2.75) is 32.4 Å². The molecule has 3 aromatic rings. The van der Waals surface area contributed by atoms with Gasteiger partial charge in [-0.2, -0.15) is 0 Å². The summed E-state index contributed by atoms with van der Waals surface area (Å²) in [7, 11) is 2.79. The van der Waals surface area contributed by atoms with Crippen LogP contribution in [0.15, 0.2) is 48.0 Å². The van der Waals surface area contributed by atoms with Crippen LogP contribution in [0.5, 0.6) is 11.5 Å². The fourth-order valence-corrected chi connectivity index (χ4v) is 5.64. The Bertz CT molecular complexity index is 1460. The van der Waals surface area contributed by atoms with E-state index in [1.165, 1.54) is 19.1 Å². The number of amides is 1. The molecule has 9 nitrogen and oxygen atoms in total. The van der Waals surface area contributed by atoms with Crippen molar-refractivity contribution in [2.75, 3.05) is 19.1 Å². The van der Waals surface area contributed by atoms with E-state index in [2.05, 4.69) is 4.98 Å². The predicted molar refractivity (Wildman–Crippen MR) is 136 cm³/mol. The summed E-state index contributed by atoms with van der Waals surface area (Å²) >= 11 is 0.949. The first-order valence-electron chi connectivity index (χ1n) is 11.5. The average molecular weight is 521 g/mol. The Morgan fingerprint density at radius 2 is 1.89 bits per heavy atom. The highest BCUT2D eigenvalue weighted by Gasteiger charge is 2.48. The number of aryl methyl sites for hydroxylation is 1. The highest BCUT2D eigenvalue weighted by molar-refractivity contribution is 7.17. The van der Waals surface area contributed by atoms with E-state index in [9.17, 15) is 19.5 Å². The number of carbonyl (C=O) groups is 3. The van der Waals surface area contributed by atoms with E-state index in [0.29, 0.717) is 29.0 Å². The highest BCUT2D eigenvalue weighted by Crippen LogP contribution is 2.44. The maximum Gasteiger partial charge on any atom is 0.350 e. The summed E-state index contributed by atoms with van der Waals surface area (Å²) in [6.45, 7) is 3.58. The topological polar surface area (TPSA) is 115 Å². The first-order valence-corrected chi connectivity index (χ1v) is 12.4. The Morgan fingerprint density at radius 1 is 1.16 bits per heavy atom. The number of aromatic nitrogens is 1. The first kappa shape index (κ1) is 24.5. The number of anilines is 1. The quantitative estimate of drug-likeness (QED) is 0.230. The van der Waals surface area contributed by atoms with Crippen LogP contribution < -0.4 is 14.4 Å². The molecule has 3 heterocycles. The van der Waals surface area contributed by atoms with Crippen molar-refractivity contribution in [3.63, 3.8) is 0 Å². The van der Waals surface area contributed by atoms with E-state index < -0.39 is 23.7 Å². The van der Waals surface area contributed by atoms with Crippen LogP contribution in [0, 0.1) is 6.92 Å². The SMILES string of the molecule is COC(=O)c1sc(N2C(=O)C(=O)/C(=C(/O)c3ccc4c(c3)C[C@H](C)O4)[C@@H]2c2ccc(OC)cc2)nc1C. The summed E-state index contributed by atoms with van der Waals surface area (Å²) < 4.78 is 15.8. The molecule has 0 aliphatic carbocycles. The Kier molecular flexibility index (Phi) is 6.20. The molecule has 2 aliphatic heterocycles. The first-order chi connectivity index (χ1) is 17.7. The second-order valence-corrected chi connectivity index (χ2v) is 9.78. The number of hydrogen-bond acceptors (Lipinski definition) is 9. The number of Topliss-reactive ketones (excluding diaryl/α,β-unsaturated/α-hetero) is 1.